The van der Waals surface area contributed by atoms with Crippen LogP contribution in [0.15, 0.2) is 29.2 Å². The molecule has 0 aromatic heterocycles. The minimum absolute atomic E-state index is 0.0388. The lowest BCUT2D eigenvalue weighted by Gasteiger charge is -2.51. The van der Waals surface area contributed by atoms with E-state index in [1.54, 1.807) is 60.7 Å². The molecule has 18 nitrogen and oxygen atoms in total. The lowest BCUT2D eigenvalue weighted by Crippen LogP contribution is -2.62. The monoisotopic (exact) mass is 1050 g/mol. The van der Waals surface area contributed by atoms with Gasteiger partial charge in [0.15, 0.2) is 16.1 Å². The van der Waals surface area contributed by atoms with E-state index >= 15 is 0 Å². The number of halogens is 1. The third-order valence-corrected chi connectivity index (χ3v) is 17.7. The van der Waals surface area contributed by atoms with Gasteiger partial charge in [0, 0.05) is 58.2 Å². The first-order chi connectivity index (χ1) is 33.5. The highest BCUT2D eigenvalue weighted by molar-refractivity contribution is 7.91. The van der Waals surface area contributed by atoms with Crippen LogP contribution in [0.4, 0.5) is 4.39 Å². The van der Waals surface area contributed by atoms with Crippen LogP contribution in [0.25, 0.3) is 0 Å². The Morgan fingerprint density at radius 2 is 1.64 bits per heavy atom. The van der Waals surface area contributed by atoms with E-state index in [1.807, 2.05) is 37.6 Å². The molecule has 72 heavy (non-hydrogen) atoms. The minimum Gasteiger partial charge on any atom is -0.459 e. The zero-order valence-corrected chi connectivity index (χ0v) is 46.1. The number of benzene rings is 1. The summed E-state index contributed by atoms with van der Waals surface area (Å²) in [5.41, 5.74) is -3.96. The molecule has 0 spiro atoms. The van der Waals surface area contributed by atoms with Crippen LogP contribution < -0.4 is 5.32 Å². The molecule has 19 atom stereocenters. The number of sulfone groups is 1. The van der Waals surface area contributed by atoms with E-state index in [1.165, 1.54) is 33.3 Å². The molecule has 0 saturated carbocycles. The van der Waals surface area contributed by atoms with Gasteiger partial charge >= 0.3 is 5.97 Å². The number of carbonyl (C=O) groups excluding carboxylic acids is 2. The average Bonchev–Trinajstić information content (AvgIpc) is 3.32. The SMILES string of the molecule is CC[C@H]1OC(=O)[C@H](C)C([C@H]2C[C@@](C)(OC)[C@@H](O)[C@H](C)O2)[C@H](C)[C@@H](O[C@@H]2O[C@H](C)C[C@H](N(C)CCC(=O)N[C@H](CF)Cc3ccc(S(=O)(=O)CCOC)cc3)[C@H]2O)[C@](C)(O)C[C@@H](C)CN(C)[C@H](C)[C@@H](O)[C@]1(C)O. The maximum atomic E-state index is 14.6. The first kappa shape index (κ1) is 62.1. The van der Waals surface area contributed by atoms with Gasteiger partial charge < -0.3 is 69.1 Å². The number of alkyl halides is 1. The van der Waals surface area contributed by atoms with Crippen LogP contribution in [-0.2, 0) is 54.3 Å². The number of carbonyl (C=O) groups is 2. The standard InChI is InChI=1S/C52H90FN3O15S/c1-15-41-52(10,63)45(59)34(6)56(12)29-30(2)26-50(8,62)47(32(4)43(33(5)48(61)70-41)40-27-51(9,67-14)46(60)35(7)69-40)71-49-44(58)39(24-31(3)68-49)55(11)21-20-42(57)54-37(28-53)25-36-16-18-38(19-17-36)72(64,65)23-22-66-13/h16-19,30-35,37,39-41,43-47,49,58-60,62-63H,15,20-29H2,1-14H3,(H,54,57)/t30-,31-,32+,33-,34-,35+,37+,39+,40-,41-,43?,44-,45-,46+,47-,49+,50-,51-,52-/m1/s1. The van der Waals surface area contributed by atoms with Gasteiger partial charge in [-0.25, -0.2) is 12.8 Å². The van der Waals surface area contributed by atoms with Crippen LogP contribution in [-0.4, -0.2) is 206 Å². The van der Waals surface area contributed by atoms with E-state index in [-0.39, 0.29) is 61.8 Å². The van der Waals surface area contributed by atoms with Gasteiger partial charge in [-0.05, 0) is 111 Å². The van der Waals surface area contributed by atoms with Crippen molar-refractivity contribution in [3.05, 3.63) is 29.8 Å². The molecule has 3 saturated heterocycles. The first-order valence-corrected chi connectivity index (χ1v) is 27.4. The Morgan fingerprint density at radius 1 is 1.00 bits per heavy atom. The molecule has 1 aromatic carbocycles. The Bertz CT molecular complexity index is 1980. The molecule has 0 radical (unpaired) electrons. The molecule has 0 aliphatic carbocycles. The molecular weight excluding hydrogens is 958 g/mol. The first-order valence-electron chi connectivity index (χ1n) is 25.8. The summed E-state index contributed by atoms with van der Waals surface area (Å²) in [6, 6.07) is 4.05. The summed E-state index contributed by atoms with van der Waals surface area (Å²) in [5.74, 6) is -4.02. The Kier molecular flexibility index (Phi) is 22.5. The lowest BCUT2D eigenvalue weighted by atomic mass is 9.68. The molecule has 1 aromatic rings. The van der Waals surface area contributed by atoms with Gasteiger partial charge in [0.2, 0.25) is 5.91 Å². The van der Waals surface area contributed by atoms with E-state index < -0.39 is 136 Å². The molecule has 20 heteroatoms. The molecule has 1 unspecified atom stereocenters. The molecule has 6 N–H and O–H groups in total. The minimum atomic E-state index is -3.55. The predicted octanol–water partition coefficient (Wildman–Crippen LogP) is 3.05. The fourth-order valence-corrected chi connectivity index (χ4v) is 12.7. The smallest absolute Gasteiger partial charge is 0.309 e. The number of rotatable bonds is 17. The number of amides is 1. The third-order valence-electron chi connectivity index (χ3n) is 16.0. The lowest BCUT2D eigenvalue weighted by molar-refractivity contribution is -0.302. The van der Waals surface area contributed by atoms with E-state index in [4.69, 9.17) is 28.4 Å². The van der Waals surface area contributed by atoms with Crippen molar-refractivity contribution in [3.8, 4) is 0 Å². The number of hydrogen-bond acceptors (Lipinski definition) is 17. The molecule has 0 bridgehead atoms. The van der Waals surface area contributed by atoms with Crippen LogP contribution in [0.1, 0.15) is 107 Å². The number of nitrogens with zero attached hydrogens (tertiary/aromatic N) is 2. The third kappa shape index (κ3) is 15.1. The highest BCUT2D eigenvalue weighted by Gasteiger charge is 2.55. The van der Waals surface area contributed by atoms with Gasteiger partial charge in [-0.15, -0.1) is 0 Å². The summed E-state index contributed by atoms with van der Waals surface area (Å²) in [7, 11) is 2.95. The Morgan fingerprint density at radius 3 is 2.22 bits per heavy atom. The maximum absolute atomic E-state index is 14.6. The van der Waals surface area contributed by atoms with Gasteiger partial charge in [0.05, 0.1) is 64.8 Å². The summed E-state index contributed by atoms with van der Waals surface area (Å²) in [4.78, 5) is 31.7. The van der Waals surface area contributed by atoms with Gasteiger partial charge in [-0.2, -0.15) is 0 Å². The van der Waals surface area contributed by atoms with Gasteiger partial charge in [-0.3, -0.25) is 9.59 Å². The summed E-state index contributed by atoms with van der Waals surface area (Å²) in [6.45, 7) is 17.3. The summed E-state index contributed by atoms with van der Waals surface area (Å²) in [6.07, 6.45) is -8.23. The molecule has 3 heterocycles. The Hall–Kier alpha value is -2.44. The van der Waals surface area contributed by atoms with E-state index in [9.17, 15) is 47.9 Å². The number of nitrogens with one attached hydrogen (secondary N) is 1. The van der Waals surface area contributed by atoms with Crippen LogP contribution in [0.2, 0.25) is 0 Å². The van der Waals surface area contributed by atoms with Crippen molar-refractivity contribution in [2.45, 2.75) is 203 Å². The van der Waals surface area contributed by atoms with E-state index in [2.05, 4.69) is 5.32 Å². The van der Waals surface area contributed by atoms with Gasteiger partial charge in [0.25, 0.3) is 0 Å². The van der Waals surface area contributed by atoms with Gasteiger partial charge in [-0.1, -0.05) is 39.8 Å². The van der Waals surface area contributed by atoms with Crippen molar-refractivity contribution in [1.29, 1.82) is 0 Å². The van der Waals surface area contributed by atoms with Crippen molar-refractivity contribution in [2.75, 3.05) is 60.4 Å². The maximum Gasteiger partial charge on any atom is 0.309 e. The van der Waals surface area contributed by atoms with Crippen molar-refractivity contribution in [1.82, 2.24) is 15.1 Å². The largest absolute Gasteiger partial charge is 0.459 e. The van der Waals surface area contributed by atoms with Crippen molar-refractivity contribution in [2.24, 2.45) is 23.7 Å². The zero-order chi connectivity index (χ0) is 54.3. The molecule has 3 fully saturated rings. The molecule has 3 aliphatic heterocycles. The van der Waals surface area contributed by atoms with Crippen molar-refractivity contribution >= 4 is 21.7 Å². The van der Waals surface area contributed by atoms with Crippen LogP contribution in [0.5, 0.6) is 0 Å². The number of hydrogen-bond donors (Lipinski definition) is 6. The fraction of sp³-hybridized carbons (Fsp3) is 0.846. The topological polar surface area (TPSA) is 243 Å². The highest BCUT2D eigenvalue weighted by atomic mass is 32.2. The van der Waals surface area contributed by atoms with E-state index in [0.29, 0.717) is 18.5 Å². The van der Waals surface area contributed by atoms with E-state index in [0.717, 1.165) is 0 Å². The number of cyclic esters (lactones) is 1. The second-order valence-electron chi connectivity index (χ2n) is 22.1. The summed E-state index contributed by atoms with van der Waals surface area (Å²) >= 11 is 0. The van der Waals surface area contributed by atoms with Gasteiger partial charge in [0.1, 0.15) is 36.7 Å². The van der Waals surface area contributed by atoms with Crippen molar-refractivity contribution in [3.63, 3.8) is 0 Å². The predicted molar refractivity (Wildman–Crippen MR) is 268 cm³/mol. The quantitative estimate of drug-likeness (QED) is 0.123. The number of likely N-dealkylation sites (N-methyl/N-ethyl adjacent to an activating group) is 2. The highest BCUT2D eigenvalue weighted by Crippen LogP contribution is 2.45. The molecule has 4 rings (SSSR count). The van der Waals surface area contributed by atoms with Crippen LogP contribution in [0.3, 0.4) is 0 Å². The molecule has 3 aliphatic rings. The number of aliphatic hydroxyl groups is 5. The van der Waals surface area contributed by atoms with Crippen LogP contribution >= 0.6 is 0 Å². The van der Waals surface area contributed by atoms with Crippen molar-refractivity contribution < 1.29 is 76.4 Å². The average molecular weight is 1050 g/mol. The number of methoxy groups -OCH3 is 2. The normalized spacial score (nSPS) is 39.7. The molecular formula is C52H90FN3O15S. The fourth-order valence-electron chi connectivity index (χ4n) is 11.5. The second-order valence-corrected chi connectivity index (χ2v) is 24.2. The number of esters is 1. The summed E-state index contributed by atoms with van der Waals surface area (Å²) in [5, 5.41) is 62.6. The Labute approximate surface area is 428 Å². The second kappa shape index (κ2) is 26.1. The summed E-state index contributed by atoms with van der Waals surface area (Å²) < 4.78 is 76.2. The molecule has 416 valence electrons. The molecule has 1 amide bonds. The van der Waals surface area contributed by atoms with Crippen LogP contribution in [0, 0.1) is 23.7 Å². The zero-order valence-electron chi connectivity index (χ0n) is 45.3. The number of ether oxygens (including phenoxy) is 6. The Balaban J connectivity index is 1.63. The number of aliphatic hydroxyl groups excluding tert-OH is 3.